The van der Waals surface area contributed by atoms with Gasteiger partial charge in [0.15, 0.2) is 6.10 Å². The second-order valence-corrected chi connectivity index (χ2v) is 9.66. The minimum Gasteiger partial charge on any atom is -0.481 e. The molecule has 3 heterocycles. The van der Waals surface area contributed by atoms with Gasteiger partial charge in [-0.3, -0.25) is 14.5 Å². The highest BCUT2D eigenvalue weighted by Crippen LogP contribution is 2.33. The van der Waals surface area contributed by atoms with E-state index < -0.39 is 6.10 Å². The third kappa shape index (κ3) is 4.29. The highest BCUT2D eigenvalue weighted by Gasteiger charge is 2.27. The number of hydrogen-bond donors (Lipinski definition) is 1. The van der Waals surface area contributed by atoms with Crippen LogP contribution in [0.5, 0.6) is 5.75 Å². The number of nitrogens with one attached hydrogen (secondary N) is 1. The van der Waals surface area contributed by atoms with E-state index in [0.29, 0.717) is 31.2 Å². The van der Waals surface area contributed by atoms with Gasteiger partial charge in [0.2, 0.25) is 0 Å². The van der Waals surface area contributed by atoms with E-state index in [4.69, 9.17) is 9.72 Å². The molecule has 1 atom stereocenters. The fraction of sp³-hybridized carbons (Fsp3) is 0.458. The summed E-state index contributed by atoms with van der Waals surface area (Å²) in [6.45, 7) is 5.15. The number of benzene rings is 1. The Morgan fingerprint density at radius 1 is 1.16 bits per heavy atom. The van der Waals surface area contributed by atoms with Crippen molar-refractivity contribution in [3.05, 3.63) is 57.0 Å². The standard InChI is InChI=1S/C24H28N4O3S/c1-16(31-17-7-3-2-4-8-17)24(30)28-13-11-27(12-14-28)15-20-25-22(29)21-18-9-5-6-10-19(18)32-23(21)26-20/h2-4,7-8,16H,5-6,9-15H2,1H3,(H,25,26,29). The van der Waals surface area contributed by atoms with Gasteiger partial charge in [0.25, 0.3) is 11.5 Å². The molecule has 0 spiro atoms. The zero-order valence-corrected chi connectivity index (χ0v) is 19.1. The summed E-state index contributed by atoms with van der Waals surface area (Å²) in [6.07, 6.45) is 3.88. The molecule has 2 aromatic heterocycles. The number of piperazine rings is 1. The third-order valence-electron chi connectivity index (χ3n) is 6.34. The molecule has 2 aliphatic rings. The van der Waals surface area contributed by atoms with Crippen LogP contribution in [0.4, 0.5) is 0 Å². The second kappa shape index (κ2) is 9.03. The lowest BCUT2D eigenvalue weighted by atomic mass is 9.97. The number of carbonyl (C=O) groups excluding carboxylic acids is 1. The first-order valence-electron chi connectivity index (χ1n) is 11.3. The van der Waals surface area contributed by atoms with Gasteiger partial charge in [-0.05, 0) is 50.3 Å². The molecule has 7 nitrogen and oxygen atoms in total. The van der Waals surface area contributed by atoms with E-state index in [2.05, 4.69) is 9.88 Å². The van der Waals surface area contributed by atoms with Crippen LogP contribution >= 0.6 is 11.3 Å². The number of rotatable bonds is 5. The van der Waals surface area contributed by atoms with Gasteiger partial charge in [0.05, 0.1) is 11.9 Å². The Kier molecular flexibility index (Phi) is 5.97. The van der Waals surface area contributed by atoms with Crippen molar-refractivity contribution < 1.29 is 9.53 Å². The summed E-state index contributed by atoms with van der Waals surface area (Å²) in [5.41, 5.74) is 1.21. The molecule has 1 aliphatic carbocycles. The molecule has 1 fully saturated rings. The lowest BCUT2D eigenvalue weighted by Gasteiger charge is -2.35. The normalized spacial score (nSPS) is 17.8. The van der Waals surface area contributed by atoms with Crippen molar-refractivity contribution in [2.24, 2.45) is 0 Å². The zero-order valence-electron chi connectivity index (χ0n) is 18.3. The van der Waals surface area contributed by atoms with Crippen LogP contribution in [-0.2, 0) is 24.2 Å². The third-order valence-corrected chi connectivity index (χ3v) is 7.52. The Bertz CT molecular complexity index is 1170. The van der Waals surface area contributed by atoms with Crippen LogP contribution in [0, 0.1) is 0 Å². The predicted molar refractivity (Wildman–Crippen MR) is 125 cm³/mol. The summed E-state index contributed by atoms with van der Waals surface area (Å²) < 4.78 is 5.79. The Labute approximate surface area is 191 Å². The van der Waals surface area contributed by atoms with Crippen molar-refractivity contribution >= 4 is 27.5 Å². The summed E-state index contributed by atoms with van der Waals surface area (Å²) in [6, 6.07) is 9.43. The molecule has 1 N–H and O–H groups in total. The number of carbonyl (C=O) groups is 1. The van der Waals surface area contributed by atoms with Crippen LogP contribution in [0.1, 0.15) is 36.0 Å². The minimum absolute atomic E-state index is 0.00520. The van der Waals surface area contributed by atoms with E-state index in [9.17, 15) is 9.59 Å². The number of fused-ring (bicyclic) bond motifs is 3. The first-order chi connectivity index (χ1) is 15.6. The number of aryl methyl sites for hydroxylation is 2. The molecule has 1 saturated heterocycles. The topological polar surface area (TPSA) is 78.5 Å². The maximum atomic E-state index is 12.8. The van der Waals surface area contributed by atoms with E-state index in [0.717, 1.165) is 42.6 Å². The van der Waals surface area contributed by atoms with Crippen molar-refractivity contribution in [3.63, 3.8) is 0 Å². The molecule has 8 heteroatoms. The monoisotopic (exact) mass is 452 g/mol. The van der Waals surface area contributed by atoms with Gasteiger partial charge in [0.1, 0.15) is 16.4 Å². The molecule has 32 heavy (non-hydrogen) atoms. The largest absolute Gasteiger partial charge is 0.481 e. The lowest BCUT2D eigenvalue weighted by molar-refractivity contribution is -0.139. The van der Waals surface area contributed by atoms with Crippen molar-refractivity contribution in [2.45, 2.75) is 45.3 Å². The van der Waals surface area contributed by atoms with Crippen LogP contribution in [0.3, 0.4) is 0 Å². The molecule has 1 amide bonds. The van der Waals surface area contributed by atoms with Gasteiger partial charge in [0, 0.05) is 31.1 Å². The van der Waals surface area contributed by atoms with Crippen LogP contribution in [0.25, 0.3) is 10.2 Å². The number of aromatic nitrogens is 2. The van der Waals surface area contributed by atoms with Gasteiger partial charge < -0.3 is 14.6 Å². The number of hydrogen-bond acceptors (Lipinski definition) is 6. The van der Waals surface area contributed by atoms with E-state index in [1.54, 1.807) is 18.3 Å². The number of ether oxygens (including phenoxy) is 1. The number of thiophene rings is 1. The summed E-state index contributed by atoms with van der Waals surface area (Å²) in [5, 5.41) is 0.802. The van der Waals surface area contributed by atoms with Crippen molar-refractivity contribution in [2.75, 3.05) is 26.2 Å². The highest BCUT2D eigenvalue weighted by atomic mass is 32.1. The molecule has 5 rings (SSSR count). The summed E-state index contributed by atoms with van der Waals surface area (Å²) in [4.78, 5) is 39.6. The molecule has 168 valence electrons. The number of amides is 1. The highest BCUT2D eigenvalue weighted by molar-refractivity contribution is 7.18. The molecular formula is C24H28N4O3S. The van der Waals surface area contributed by atoms with Crippen LogP contribution in [0.2, 0.25) is 0 Å². The van der Waals surface area contributed by atoms with E-state index >= 15 is 0 Å². The summed E-state index contributed by atoms with van der Waals surface area (Å²) >= 11 is 1.68. The molecule has 0 saturated carbocycles. The average molecular weight is 453 g/mol. The number of H-pyrrole nitrogens is 1. The van der Waals surface area contributed by atoms with Gasteiger partial charge >= 0.3 is 0 Å². The molecule has 0 radical (unpaired) electrons. The zero-order chi connectivity index (χ0) is 22.1. The smallest absolute Gasteiger partial charge is 0.263 e. The molecule has 3 aromatic rings. The molecule has 1 aromatic carbocycles. The Balaban J connectivity index is 1.20. The van der Waals surface area contributed by atoms with Gasteiger partial charge in [-0.2, -0.15) is 0 Å². The van der Waals surface area contributed by atoms with Gasteiger partial charge in [-0.25, -0.2) is 4.98 Å². The SMILES string of the molecule is CC(Oc1ccccc1)C(=O)N1CCN(Cc2nc3sc4c(c3c(=O)[nH]2)CCCC4)CC1. The van der Waals surface area contributed by atoms with Gasteiger partial charge in [-0.15, -0.1) is 11.3 Å². The fourth-order valence-electron chi connectivity index (χ4n) is 4.63. The Hall–Kier alpha value is -2.71. The van der Waals surface area contributed by atoms with Crippen molar-refractivity contribution in [1.82, 2.24) is 19.8 Å². The lowest BCUT2D eigenvalue weighted by Crippen LogP contribution is -2.51. The van der Waals surface area contributed by atoms with Gasteiger partial charge in [-0.1, -0.05) is 18.2 Å². The maximum absolute atomic E-state index is 12.8. The summed E-state index contributed by atoms with van der Waals surface area (Å²) in [5.74, 6) is 1.42. The van der Waals surface area contributed by atoms with Crippen LogP contribution in [0.15, 0.2) is 35.1 Å². The van der Waals surface area contributed by atoms with Crippen LogP contribution < -0.4 is 10.3 Å². The number of aromatic amines is 1. The molecule has 1 unspecified atom stereocenters. The predicted octanol–water partition coefficient (Wildman–Crippen LogP) is 2.98. The Morgan fingerprint density at radius 2 is 1.91 bits per heavy atom. The second-order valence-electron chi connectivity index (χ2n) is 8.58. The first kappa shape index (κ1) is 21.2. The summed E-state index contributed by atoms with van der Waals surface area (Å²) in [7, 11) is 0. The van der Waals surface area contributed by atoms with E-state index in [-0.39, 0.29) is 11.5 Å². The van der Waals surface area contributed by atoms with Crippen LogP contribution in [-0.4, -0.2) is 58.0 Å². The molecule has 1 aliphatic heterocycles. The maximum Gasteiger partial charge on any atom is 0.263 e. The first-order valence-corrected chi connectivity index (χ1v) is 12.2. The van der Waals surface area contributed by atoms with E-state index in [1.165, 1.54) is 16.9 Å². The van der Waals surface area contributed by atoms with Crippen molar-refractivity contribution in [3.8, 4) is 5.75 Å². The fourth-order valence-corrected chi connectivity index (χ4v) is 5.91. The average Bonchev–Trinajstić information content (AvgIpc) is 3.18. The number of para-hydroxylation sites is 1. The molecular weight excluding hydrogens is 424 g/mol. The van der Waals surface area contributed by atoms with Crippen molar-refractivity contribution in [1.29, 1.82) is 0 Å². The van der Waals surface area contributed by atoms with E-state index in [1.807, 2.05) is 35.2 Å². The minimum atomic E-state index is -0.519. The molecule has 0 bridgehead atoms. The quantitative estimate of drug-likeness (QED) is 0.644. The number of nitrogens with zero attached hydrogens (tertiary/aromatic N) is 3. The Morgan fingerprint density at radius 3 is 2.69 bits per heavy atom.